The molecule has 1 unspecified atom stereocenters. The minimum Gasteiger partial charge on any atom is -0.465 e. The molecule has 0 spiro atoms. The lowest BCUT2D eigenvalue weighted by Gasteiger charge is -2.26. The van der Waals surface area contributed by atoms with Crippen LogP contribution >= 0.6 is 0 Å². The summed E-state index contributed by atoms with van der Waals surface area (Å²) in [6.07, 6.45) is -1.32. The molecule has 4 nitrogen and oxygen atoms in total. The predicted molar refractivity (Wildman–Crippen MR) is 100 cm³/mol. The molecular weight excluding hydrogens is 314 g/mol. The standard InChI is InChI=1S/C21H21NO3/c1-2-25-20(15-22(21(23)24)19-10-4-3-5-11-19)18-13-12-16-8-6-7-9-17(16)14-18/h3-14,20H,2,15H2,1H3,(H,23,24). The van der Waals surface area contributed by atoms with E-state index in [1.54, 1.807) is 12.1 Å². The number of ether oxygens (including phenoxy) is 1. The largest absolute Gasteiger partial charge is 0.465 e. The number of carboxylic acid groups (broad SMARTS) is 1. The molecule has 0 aliphatic carbocycles. The lowest BCUT2D eigenvalue weighted by atomic mass is 10.0. The molecule has 128 valence electrons. The Morgan fingerprint density at radius 3 is 2.36 bits per heavy atom. The third-order valence-corrected chi connectivity index (χ3v) is 4.16. The highest BCUT2D eigenvalue weighted by molar-refractivity contribution is 5.86. The van der Waals surface area contributed by atoms with E-state index in [0.29, 0.717) is 12.3 Å². The molecule has 0 fully saturated rings. The molecule has 3 aromatic carbocycles. The Labute approximate surface area is 147 Å². The van der Waals surface area contributed by atoms with Gasteiger partial charge >= 0.3 is 6.09 Å². The molecule has 1 amide bonds. The van der Waals surface area contributed by atoms with E-state index in [2.05, 4.69) is 12.1 Å². The second kappa shape index (κ2) is 7.81. The molecule has 0 saturated heterocycles. The summed E-state index contributed by atoms with van der Waals surface area (Å²) in [6, 6.07) is 23.3. The molecule has 0 bridgehead atoms. The van der Waals surface area contributed by atoms with E-state index in [1.807, 2.05) is 55.5 Å². The van der Waals surface area contributed by atoms with Crippen molar-refractivity contribution < 1.29 is 14.6 Å². The first kappa shape index (κ1) is 17.0. The molecule has 0 heterocycles. The third-order valence-electron chi connectivity index (χ3n) is 4.16. The predicted octanol–water partition coefficient (Wildman–Crippen LogP) is 5.10. The zero-order valence-corrected chi connectivity index (χ0v) is 14.1. The number of rotatable bonds is 6. The van der Waals surface area contributed by atoms with Crippen LogP contribution in [0.5, 0.6) is 0 Å². The number of hydrogen-bond acceptors (Lipinski definition) is 2. The van der Waals surface area contributed by atoms with Crippen molar-refractivity contribution >= 4 is 22.6 Å². The van der Waals surface area contributed by atoms with Gasteiger partial charge in [0.15, 0.2) is 0 Å². The van der Waals surface area contributed by atoms with Crippen LogP contribution in [0.1, 0.15) is 18.6 Å². The van der Waals surface area contributed by atoms with Gasteiger partial charge in [-0.2, -0.15) is 0 Å². The van der Waals surface area contributed by atoms with Gasteiger partial charge in [0, 0.05) is 12.3 Å². The summed E-state index contributed by atoms with van der Waals surface area (Å²) in [6.45, 7) is 2.67. The number of amides is 1. The number of fused-ring (bicyclic) bond motifs is 1. The molecule has 0 aliphatic rings. The highest BCUT2D eigenvalue weighted by atomic mass is 16.5. The summed E-state index contributed by atoms with van der Waals surface area (Å²) in [5.74, 6) is 0. The zero-order valence-electron chi connectivity index (χ0n) is 14.1. The fourth-order valence-electron chi connectivity index (χ4n) is 2.93. The van der Waals surface area contributed by atoms with Gasteiger partial charge in [-0.1, -0.05) is 54.6 Å². The molecule has 1 N–H and O–H groups in total. The molecular formula is C21H21NO3. The summed E-state index contributed by atoms with van der Waals surface area (Å²) in [5, 5.41) is 11.9. The van der Waals surface area contributed by atoms with E-state index in [4.69, 9.17) is 4.74 Å². The van der Waals surface area contributed by atoms with Gasteiger partial charge in [-0.05, 0) is 41.5 Å². The Morgan fingerprint density at radius 1 is 1.00 bits per heavy atom. The Hall–Kier alpha value is -2.85. The smallest absolute Gasteiger partial charge is 0.411 e. The summed E-state index contributed by atoms with van der Waals surface area (Å²) >= 11 is 0. The van der Waals surface area contributed by atoms with Crippen LogP contribution in [0.15, 0.2) is 72.8 Å². The maximum atomic E-state index is 11.8. The average molecular weight is 335 g/mol. The number of benzene rings is 3. The van der Waals surface area contributed by atoms with Crippen LogP contribution in [0.25, 0.3) is 10.8 Å². The van der Waals surface area contributed by atoms with E-state index in [1.165, 1.54) is 4.90 Å². The Bertz CT molecular complexity index is 848. The van der Waals surface area contributed by atoms with E-state index >= 15 is 0 Å². The van der Waals surface area contributed by atoms with Crippen molar-refractivity contribution in [2.75, 3.05) is 18.1 Å². The van der Waals surface area contributed by atoms with Crippen LogP contribution in [0.4, 0.5) is 10.5 Å². The Kier molecular flexibility index (Phi) is 5.31. The van der Waals surface area contributed by atoms with Gasteiger partial charge < -0.3 is 9.84 Å². The molecule has 3 rings (SSSR count). The van der Waals surface area contributed by atoms with Gasteiger partial charge in [0.2, 0.25) is 0 Å². The Balaban J connectivity index is 1.92. The average Bonchev–Trinajstić information content (AvgIpc) is 2.65. The lowest BCUT2D eigenvalue weighted by molar-refractivity contribution is 0.0670. The highest BCUT2D eigenvalue weighted by Gasteiger charge is 2.21. The molecule has 0 saturated carbocycles. The van der Waals surface area contributed by atoms with E-state index in [0.717, 1.165) is 16.3 Å². The van der Waals surface area contributed by atoms with Gasteiger partial charge in [-0.3, -0.25) is 4.90 Å². The number of hydrogen-bond donors (Lipinski definition) is 1. The minimum atomic E-state index is -0.989. The van der Waals surface area contributed by atoms with Crippen molar-refractivity contribution in [3.05, 3.63) is 78.4 Å². The first-order valence-electron chi connectivity index (χ1n) is 8.35. The van der Waals surface area contributed by atoms with Crippen LogP contribution in [-0.2, 0) is 4.74 Å². The van der Waals surface area contributed by atoms with Crippen LogP contribution in [-0.4, -0.2) is 24.4 Å². The van der Waals surface area contributed by atoms with E-state index in [-0.39, 0.29) is 12.6 Å². The normalized spacial score (nSPS) is 12.0. The summed E-state index contributed by atoms with van der Waals surface area (Å²) in [7, 11) is 0. The second-order valence-electron chi connectivity index (χ2n) is 5.78. The third kappa shape index (κ3) is 3.98. The van der Waals surface area contributed by atoms with Gasteiger partial charge in [-0.25, -0.2) is 4.79 Å². The van der Waals surface area contributed by atoms with Crippen molar-refractivity contribution in [1.29, 1.82) is 0 Å². The SMILES string of the molecule is CCOC(CN(C(=O)O)c1ccccc1)c1ccc2ccccc2c1. The van der Waals surface area contributed by atoms with Gasteiger partial charge in [-0.15, -0.1) is 0 Å². The molecule has 4 heteroatoms. The fraction of sp³-hybridized carbons (Fsp3) is 0.190. The zero-order chi connectivity index (χ0) is 17.6. The summed E-state index contributed by atoms with van der Waals surface area (Å²) in [5.41, 5.74) is 1.61. The monoisotopic (exact) mass is 335 g/mol. The quantitative estimate of drug-likeness (QED) is 0.681. The van der Waals surface area contributed by atoms with E-state index in [9.17, 15) is 9.90 Å². The van der Waals surface area contributed by atoms with Gasteiger partial charge in [0.1, 0.15) is 6.10 Å². The molecule has 0 radical (unpaired) electrons. The molecule has 1 atom stereocenters. The van der Waals surface area contributed by atoms with Crippen LogP contribution in [0.2, 0.25) is 0 Å². The van der Waals surface area contributed by atoms with Crippen LogP contribution in [0.3, 0.4) is 0 Å². The number of para-hydroxylation sites is 1. The van der Waals surface area contributed by atoms with Crippen molar-refractivity contribution in [2.45, 2.75) is 13.0 Å². The van der Waals surface area contributed by atoms with Crippen molar-refractivity contribution in [3.8, 4) is 0 Å². The fourth-order valence-corrected chi connectivity index (χ4v) is 2.93. The summed E-state index contributed by atoms with van der Waals surface area (Å²) in [4.78, 5) is 13.1. The molecule has 0 aliphatic heterocycles. The maximum absolute atomic E-state index is 11.8. The first-order valence-corrected chi connectivity index (χ1v) is 8.35. The van der Waals surface area contributed by atoms with Crippen molar-refractivity contribution in [2.24, 2.45) is 0 Å². The Morgan fingerprint density at radius 2 is 1.68 bits per heavy atom. The summed E-state index contributed by atoms with van der Waals surface area (Å²) < 4.78 is 5.87. The maximum Gasteiger partial charge on any atom is 0.411 e. The number of anilines is 1. The number of nitrogens with zero attached hydrogens (tertiary/aromatic N) is 1. The number of carbonyl (C=O) groups is 1. The van der Waals surface area contributed by atoms with Crippen molar-refractivity contribution in [3.63, 3.8) is 0 Å². The lowest BCUT2D eigenvalue weighted by Crippen LogP contribution is -2.34. The second-order valence-corrected chi connectivity index (χ2v) is 5.78. The first-order chi connectivity index (χ1) is 12.2. The van der Waals surface area contributed by atoms with Gasteiger partial charge in [0.05, 0.1) is 6.54 Å². The van der Waals surface area contributed by atoms with Crippen LogP contribution < -0.4 is 4.90 Å². The van der Waals surface area contributed by atoms with Crippen LogP contribution in [0, 0.1) is 0 Å². The van der Waals surface area contributed by atoms with Crippen molar-refractivity contribution in [1.82, 2.24) is 0 Å². The molecule has 0 aromatic heterocycles. The highest BCUT2D eigenvalue weighted by Crippen LogP contribution is 2.26. The topological polar surface area (TPSA) is 49.8 Å². The molecule has 3 aromatic rings. The minimum absolute atomic E-state index is 0.242. The van der Waals surface area contributed by atoms with Gasteiger partial charge in [0.25, 0.3) is 0 Å². The van der Waals surface area contributed by atoms with E-state index < -0.39 is 6.09 Å². The molecule has 25 heavy (non-hydrogen) atoms.